The number of hydrogen-bond donors (Lipinski definition) is 2. The maximum atomic E-state index is 11.7. The predicted octanol–water partition coefficient (Wildman–Crippen LogP) is -0.216. The summed E-state index contributed by atoms with van der Waals surface area (Å²) in [5.74, 6) is -0.534. The minimum atomic E-state index is -3.30. The van der Waals surface area contributed by atoms with E-state index in [1.54, 1.807) is 12.3 Å². The van der Waals surface area contributed by atoms with E-state index < -0.39 is 15.9 Å². The lowest BCUT2D eigenvalue weighted by Gasteiger charge is -2.11. The van der Waals surface area contributed by atoms with Gasteiger partial charge < -0.3 is 11.1 Å². The highest BCUT2D eigenvalue weighted by Crippen LogP contribution is 2.15. The number of carbonyl (C=O) groups is 1. The van der Waals surface area contributed by atoms with Gasteiger partial charge in [0.05, 0.1) is 11.8 Å². The molecular weight excluding hydrogens is 288 g/mol. The fourth-order valence-corrected chi connectivity index (χ4v) is 2.65. The third-order valence-corrected chi connectivity index (χ3v) is 5.22. The molecular formula is C10H18N4O3S2. The first-order valence-electron chi connectivity index (χ1n) is 5.63. The van der Waals surface area contributed by atoms with Gasteiger partial charge in [-0.05, 0) is 6.92 Å². The van der Waals surface area contributed by atoms with E-state index >= 15 is 0 Å². The highest BCUT2D eigenvalue weighted by Gasteiger charge is 2.16. The molecule has 1 aromatic rings. The summed E-state index contributed by atoms with van der Waals surface area (Å²) in [6, 6.07) is -0.222. The predicted molar refractivity (Wildman–Crippen MR) is 74.5 cm³/mol. The van der Waals surface area contributed by atoms with Gasteiger partial charge in [-0.2, -0.15) is 0 Å². The summed E-state index contributed by atoms with van der Waals surface area (Å²) in [4.78, 5) is 15.8. The van der Waals surface area contributed by atoms with Crippen LogP contribution in [-0.4, -0.2) is 50.0 Å². The van der Waals surface area contributed by atoms with E-state index in [1.165, 1.54) is 25.4 Å². The second kappa shape index (κ2) is 6.42. The van der Waals surface area contributed by atoms with Crippen LogP contribution in [-0.2, 0) is 10.0 Å². The van der Waals surface area contributed by atoms with E-state index in [0.717, 1.165) is 4.31 Å². The van der Waals surface area contributed by atoms with E-state index in [1.807, 2.05) is 0 Å². The molecule has 0 aliphatic heterocycles. The first-order valence-corrected chi connectivity index (χ1v) is 8.12. The van der Waals surface area contributed by atoms with Crippen molar-refractivity contribution in [2.75, 3.05) is 26.4 Å². The molecule has 1 rings (SSSR count). The molecule has 0 radical (unpaired) electrons. The zero-order valence-electron chi connectivity index (χ0n) is 11.1. The van der Waals surface area contributed by atoms with Crippen molar-refractivity contribution in [3.8, 4) is 0 Å². The van der Waals surface area contributed by atoms with E-state index in [9.17, 15) is 13.2 Å². The molecule has 9 heteroatoms. The standard InChI is InChI=1S/C10H18N4O3S2/c1-7(11)10-13-8(6-18-10)9(15)12-4-5-19(16,17)14(2)3/h6-7H,4-5,11H2,1-3H3,(H,12,15). The van der Waals surface area contributed by atoms with Gasteiger partial charge in [-0.1, -0.05) is 0 Å². The van der Waals surface area contributed by atoms with Crippen molar-refractivity contribution in [2.24, 2.45) is 5.73 Å². The third-order valence-electron chi connectivity index (χ3n) is 2.35. The average molecular weight is 306 g/mol. The molecule has 0 spiro atoms. The molecule has 0 saturated carbocycles. The summed E-state index contributed by atoms with van der Waals surface area (Å²) in [5.41, 5.74) is 5.91. The van der Waals surface area contributed by atoms with Crippen LogP contribution in [0.3, 0.4) is 0 Å². The van der Waals surface area contributed by atoms with Gasteiger partial charge in [0.25, 0.3) is 5.91 Å². The molecule has 0 saturated heterocycles. The highest BCUT2D eigenvalue weighted by molar-refractivity contribution is 7.89. The Labute approximate surface area is 116 Å². The summed E-state index contributed by atoms with van der Waals surface area (Å²) in [7, 11) is -0.402. The number of carbonyl (C=O) groups excluding carboxylic acids is 1. The van der Waals surface area contributed by atoms with Crippen LogP contribution in [0.1, 0.15) is 28.5 Å². The molecule has 0 aromatic carbocycles. The third kappa shape index (κ3) is 4.53. The van der Waals surface area contributed by atoms with Crippen molar-refractivity contribution >= 4 is 27.3 Å². The number of nitrogens with zero attached hydrogens (tertiary/aromatic N) is 2. The topological polar surface area (TPSA) is 105 Å². The van der Waals surface area contributed by atoms with Gasteiger partial charge in [-0.25, -0.2) is 17.7 Å². The Balaban J connectivity index is 2.52. The Morgan fingerprint density at radius 1 is 1.58 bits per heavy atom. The molecule has 3 N–H and O–H groups in total. The summed E-state index contributed by atoms with van der Waals surface area (Å²) in [6.45, 7) is 1.83. The van der Waals surface area contributed by atoms with Crippen molar-refractivity contribution in [3.05, 3.63) is 16.1 Å². The maximum Gasteiger partial charge on any atom is 0.270 e. The number of hydrogen-bond acceptors (Lipinski definition) is 6. The Kier molecular flexibility index (Phi) is 5.41. The van der Waals surface area contributed by atoms with Gasteiger partial charge in [0.15, 0.2) is 0 Å². The number of thiazole rings is 1. The second-order valence-electron chi connectivity index (χ2n) is 4.21. The number of amides is 1. The van der Waals surface area contributed by atoms with E-state index in [4.69, 9.17) is 5.73 Å². The zero-order chi connectivity index (χ0) is 14.6. The van der Waals surface area contributed by atoms with Crippen molar-refractivity contribution in [2.45, 2.75) is 13.0 Å². The van der Waals surface area contributed by atoms with Crippen LogP contribution in [0.5, 0.6) is 0 Å². The lowest BCUT2D eigenvalue weighted by molar-refractivity contribution is 0.0951. The first-order chi connectivity index (χ1) is 8.74. The van der Waals surface area contributed by atoms with Crippen molar-refractivity contribution < 1.29 is 13.2 Å². The van der Waals surface area contributed by atoms with Gasteiger partial charge in [0, 0.05) is 26.0 Å². The molecule has 0 fully saturated rings. The van der Waals surface area contributed by atoms with E-state index in [-0.39, 0.29) is 24.0 Å². The zero-order valence-corrected chi connectivity index (χ0v) is 12.7. The van der Waals surface area contributed by atoms with Crippen LogP contribution >= 0.6 is 11.3 Å². The Morgan fingerprint density at radius 3 is 2.68 bits per heavy atom. The van der Waals surface area contributed by atoms with Crippen molar-refractivity contribution in [1.82, 2.24) is 14.6 Å². The first kappa shape index (κ1) is 16.0. The van der Waals surface area contributed by atoms with Crippen LogP contribution in [0.4, 0.5) is 0 Å². The van der Waals surface area contributed by atoms with Crippen LogP contribution in [0.25, 0.3) is 0 Å². The number of sulfonamides is 1. The average Bonchev–Trinajstić information content (AvgIpc) is 2.77. The molecule has 1 amide bonds. The number of rotatable bonds is 6. The summed E-state index contributed by atoms with van der Waals surface area (Å²) < 4.78 is 24.1. The summed E-state index contributed by atoms with van der Waals surface area (Å²) in [5, 5.41) is 4.80. The molecule has 1 unspecified atom stereocenters. The Morgan fingerprint density at radius 2 is 2.21 bits per heavy atom. The molecule has 0 aliphatic carbocycles. The quantitative estimate of drug-likeness (QED) is 0.756. The van der Waals surface area contributed by atoms with Crippen LogP contribution in [0.15, 0.2) is 5.38 Å². The molecule has 1 aromatic heterocycles. The largest absolute Gasteiger partial charge is 0.350 e. The molecule has 1 heterocycles. The van der Waals surface area contributed by atoms with E-state index in [2.05, 4.69) is 10.3 Å². The van der Waals surface area contributed by atoms with Crippen molar-refractivity contribution in [3.63, 3.8) is 0 Å². The SMILES string of the molecule is CC(N)c1nc(C(=O)NCCS(=O)(=O)N(C)C)cs1. The lowest BCUT2D eigenvalue weighted by Crippen LogP contribution is -2.34. The lowest BCUT2D eigenvalue weighted by atomic mass is 10.4. The van der Waals surface area contributed by atoms with Gasteiger partial charge in [-0.15, -0.1) is 11.3 Å². The van der Waals surface area contributed by atoms with Crippen LogP contribution < -0.4 is 11.1 Å². The number of nitrogens with one attached hydrogen (secondary N) is 1. The number of aromatic nitrogens is 1. The summed E-state index contributed by atoms with van der Waals surface area (Å²) >= 11 is 1.31. The fourth-order valence-electron chi connectivity index (χ4n) is 1.17. The number of nitrogens with two attached hydrogens (primary N) is 1. The fraction of sp³-hybridized carbons (Fsp3) is 0.600. The van der Waals surface area contributed by atoms with E-state index in [0.29, 0.717) is 5.01 Å². The molecule has 7 nitrogen and oxygen atoms in total. The van der Waals surface area contributed by atoms with Crippen molar-refractivity contribution in [1.29, 1.82) is 0 Å². The molecule has 19 heavy (non-hydrogen) atoms. The monoisotopic (exact) mass is 306 g/mol. The van der Waals surface area contributed by atoms with Gasteiger partial charge in [0.2, 0.25) is 10.0 Å². The second-order valence-corrected chi connectivity index (χ2v) is 7.41. The normalized spacial score (nSPS) is 13.5. The smallest absolute Gasteiger partial charge is 0.270 e. The molecule has 108 valence electrons. The summed E-state index contributed by atoms with van der Waals surface area (Å²) in [6.07, 6.45) is 0. The van der Waals surface area contributed by atoms with Gasteiger partial charge in [0.1, 0.15) is 10.7 Å². The Hall–Kier alpha value is -1.03. The van der Waals surface area contributed by atoms with Crippen LogP contribution in [0, 0.1) is 0 Å². The molecule has 0 bridgehead atoms. The molecule has 0 aliphatic rings. The van der Waals surface area contributed by atoms with Crippen LogP contribution in [0.2, 0.25) is 0 Å². The minimum absolute atomic E-state index is 0.0460. The maximum absolute atomic E-state index is 11.7. The molecule has 1 atom stereocenters. The Bertz CT molecular complexity index is 537. The minimum Gasteiger partial charge on any atom is -0.350 e. The highest BCUT2D eigenvalue weighted by atomic mass is 32.2. The van der Waals surface area contributed by atoms with Gasteiger partial charge >= 0.3 is 0 Å². The van der Waals surface area contributed by atoms with Gasteiger partial charge in [-0.3, -0.25) is 4.79 Å².